The number of benzene rings is 2. The van der Waals surface area contributed by atoms with Gasteiger partial charge in [0, 0.05) is 37.6 Å². The Labute approximate surface area is 166 Å². The second-order valence-corrected chi connectivity index (χ2v) is 6.65. The summed E-state index contributed by atoms with van der Waals surface area (Å²) in [5, 5.41) is 16.2. The molecule has 0 saturated carbocycles. The Bertz CT molecular complexity index is 988. The number of imide groups is 1. The number of non-ortho nitro benzene ring substituents is 1. The molecule has 1 aliphatic heterocycles. The van der Waals surface area contributed by atoms with E-state index in [-0.39, 0.29) is 30.2 Å². The van der Waals surface area contributed by atoms with E-state index in [1.54, 1.807) is 43.3 Å². The number of hydrogen-bond acceptors (Lipinski definition) is 6. The summed E-state index contributed by atoms with van der Waals surface area (Å²) in [6.07, 6.45) is 0. The van der Waals surface area contributed by atoms with E-state index >= 15 is 0 Å². The standard InChI is InChI=1S/C19H19N5O5/c1-22(2)16-7-6-14(24(28)29)9-15(16)18(26)21-13-5-3-4-12(8-13)11-23-17(25)10-20-19(23)27/h3-9H,10-11H2,1-2H3,(H,20,27)(H,21,26). The van der Waals surface area contributed by atoms with Gasteiger partial charge < -0.3 is 15.5 Å². The molecule has 150 valence electrons. The van der Waals surface area contributed by atoms with Crippen LogP contribution in [0.5, 0.6) is 0 Å². The summed E-state index contributed by atoms with van der Waals surface area (Å²) in [6.45, 7) is 0.0451. The molecule has 1 aliphatic rings. The summed E-state index contributed by atoms with van der Waals surface area (Å²) in [7, 11) is 3.47. The summed E-state index contributed by atoms with van der Waals surface area (Å²) in [6, 6.07) is 10.3. The van der Waals surface area contributed by atoms with Crippen molar-refractivity contribution < 1.29 is 19.3 Å². The highest BCUT2D eigenvalue weighted by Crippen LogP contribution is 2.25. The van der Waals surface area contributed by atoms with Crippen molar-refractivity contribution >= 4 is 34.9 Å². The molecule has 0 spiro atoms. The van der Waals surface area contributed by atoms with E-state index in [0.29, 0.717) is 16.9 Å². The Kier molecular flexibility index (Phi) is 5.44. The smallest absolute Gasteiger partial charge is 0.324 e. The van der Waals surface area contributed by atoms with E-state index in [0.717, 1.165) is 4.90 Å². The third kappa shape index (κ3) is 4.32. The van der Waals surface area contributed by atoms with E-state index in [2.05, 4.69) is 10.6 Å². The minimum absolute atomic E-state index is 0.0324. The predicted octanol–water partition coefficient (Wildman–Crippen LogP) is 1.96. The highest BCUT2D eigenvalue weighted by Gasteiger charge is 2.28. The lowest BCUT2D eigenvalue weighted by molar-refractivity contribution is -0.384. The maximum Gasteiger partial charge on any atom is 0.324 e. The van der Waals surface area contributed by atoms with Crippen LogP contribution in [-0.4, -0.2) is 48.3 Å². The first-order valence-corrected chi connectivity index (χ1v) is 8.70. The number of carbonyl (C=O) groups is 3. The fourth-order valence-corrected chi connectivity index (χ4v) is 2.95. The van der Waals surface area contributed by atoms with Gasteiger partial charge in [-0.25, -0.2) is 4.79 Å². The quantitative estimate of drug-likeness (QED) is 0.436. The van der Waals surface area contributed by atoms with Crippen LogP contribution < -0.4 is 15.5 Å². The van der Waals surface area contributed by atoms with Gasteiger partial charge in [0.15, 0.2) is 0 Å². The zero-order chi connectivity index (χ0) is 21.1. The molecule has 0 atom stereocenters. The molecule has 1 heterocycles. The van der Waals surface area contributed by atoms with Crippen molar-refractivity contribution in [2.45, 2.75) is 6.54 Å². The highest BCUT2D eigenvalue weighted by molar-refractivity contribution is 6.08. The second kappa shape index (κ2) is 7.97. The number of anilines is 2. The molecule has 2 aromatic carbocycles. The lowest BCUT2D eigenvalue weighted by atomic mass is 10.1. The van der Waals surface area contributed by atoms with Gasteiger partial charge in [-0.15, -0.1) is 0 Å². The van der Waals surface area contributed by atoms with Crippen LogP contribution in [0.3, 0.4) is 0 Å². The highest BCUT2D eigenvalue weighted by atomic mass is 16.6. The molecular weight excluding hydrogens is 378 g/mol. The number of hydrogen-bond donors (Lipinski definition) is 2. The van der Waals surface area contributed by atoms with Crippen molar-refractivity contribution in [3.8, 4) is 0 Å². The molecular formula is C19H19N5O5. The van der Waals surface area contributed by atoms with Gasteiger partial charge in [0.1, 0.15) is 0 Å². The van der Waals surface area contributed by atoms with Crippen LogP contribution in [0.4, 0.5) is 21.9 Å². The monoisotopic (exact) mass is 397 g/mol. The molecule has 0 unspecified atom stereocenters. The first-order chi connectivity index (χ1) is 13.8. The molecule has 4 amide bonds. The molecule has 1 saturated heterocycles. The molecule has 0 radical (unpaired) electrons. The Morgan fingerprint density at radius 3 is 2.62 bits per heavy atom. The SMILES string of the molecule is CN(C)c1ccc([N+](=O)[O-])cc1C(=O)Nc1cccc(CN2C(=O)CNC2=O)c1. The number of carbonyl (C=O) groups excluding carboxylic acids is 3. The van der Waals surface area contributed by atoms with Crippen molar-refractivity contribution in [2.75, 3.05) is 30.9 Å². The van der Waals surface area contributed by atoms with Crippen LogP contribution in [0.2, 0.25) is 0 Å². The number of nitro benzene ring substituents is 1. The molecule has 0 aliphatic carbocycles. The van der Waals surface area contributed by atoms with Crippen LogP contribution in [0.1, 0.15) is 15.9 Å². The fourth-order valence-electron chi connectivity index (χ4n) is 2.95. The molecule has 29 heavy (non-hydrogen) atoms. The average Bonchev–Trinajstić information content (AvgIpc) is 2.99. The predicted molar refractivity (Wildman–Crippen MR) is 106 cm³/mol. The minimum atomic E-state index is -0.561. The zero-order valence-corrected chi connectivity index (χ0v) is 15.8. The lowest BCUT2D eigenvalue weighted by Crippen LogP contribution is -2.30. The van der Waals surface area contributed by atoms with Gasteiger partial charge in [-0.1, -0.05) is 12.1 Å². The number of amides is 4. The zero-order valence-electron chi connectivity index (χ0n) is 15.8. The lowest BCUT2D eigenvalue weighted by Gasteiger charge is -2.17. The summed E-state index contributed by atoms with van der Waals surface area (Å²) in [5.74, 6) is -0.832. The Hall–Kier alpha value is -3.95. The normalized spacial score (nSPS) is 13.2. The molecule has 10 nitrogen and oxygen atoms in total. The second-order valence-electron chi connectivity index (χ2n) is 6.65. The third-order valence-corrected chi connectivity index (χ3v) is 4.38. The number of nitrogens with zero attached hydrogens (tertiary/aromatic N) is 3. The number of nitro groups is 1. The van der Waals surface area contributed by atoms with Crippen LogP contribution in [0.15, 0.2) is 42.5 Å². The molecule has 10 heteroatoms. The van der Waals surface area contributed by atoms with Crippen molar-refractivity contribution in [1.82, 2.24) is 10.2 Å². The van der Waals surface area contributed by atoms with Crippen LogP contribution in [0, 0.1) is 10.1 Å². The Balaban J connectivity index is 1.82. The largest absolute Gasteiger partial charge is 0.377 e. The summed E-state index contributed by atoms with van der Waals surface area (Å²) >= 11 is 0. The van der Waals surface area contributed by atoms with Crippen LogP contribution in [-0.2, 0) is 11.3 Å². The van der Waals surface area contributed by atoms with Crippen LogP contribution in [0.25, 0.3) is 0 Å². The number of rotatable bonds is 6. The fraction of sp³-hybridized carbons (Fsp3) is 0.211. The van der Waals surface area contributed by atoms with Crippen molar-refractivity contribution in [2.24, 2.45) is 0 Å². The maximum atomic E-state index is 12.8. The van der Waals surface area contributed by atoms with Gasteiger partial charge in [-0.3, -0.25) is 24.6 Å². The molecule has 1 fully saturated rings. The maximum absolute atomic E-state index is 12.8. The molecule has 0 aromatic heterocycles. The van der Waals surface area contributed by atoms with Gasteiger partial charge in [0.2, 0.25) is 5.91 Å². The first kappa shape index (κ1) is 19.8. The van der Waals surface area contributed by atoms with Crippen molar-refractivity contribution in [3.63, 3.8) is 0 Å². The summed E-state index contributed by atoms with van der Waals surface area (Å²) < 4.78 is 0. The van der Waals surface area contributed by atoms with E-state index in [4.69, 9.17) is 0 Å². The minimum Gasteiger partial charge on any atom is -0.377 e. The van der Waals surface area contributed by atoms with Gasteiger partial charge in [-0.2, -0.15) is 0 Å². The average molecular weight is 397 g/mol. The third-order valence-electron chi connectivity index (χ3n) is 4.38. The Morgan fingerprint density at radius 2 is 2.00 bits per heavy atom. The van der Waals surface area contributed by atoms with E-state index in [1.165, 1.54) is 18.2 Å². The van der Waals surface area contributed by atoms with Gasteiger partial charge in [-0.05, 0) is 23.8 Å². The molecule has 3 rings (SSSR count). The van der Waals surface area contributed by atoms with Crippen molar-refractivity contribution in [1.29, 1.82) is 0 Å². The molecule has 0 bridgehead atoms. The summed E-state index contributed by atoms with van der Waals surface area (Å²) in [4.78, 5) is 49.5. The molecule has 2 aromatic rings. The van der Waals surface area contributed by atoms with E-state index in [9.17, 15) is 24.5 Å². The van der Waals surface area contributed by atoms with Gasteiger partial charge in [0.05, 0.1) is 23.6 Å². The Morgan fingerprint density at radius 1 is 1.24 bits per heavy atom. The van der Waals surface area contributed by atoms with E-state index in [1.807, 2.05) is 0 Å². The van der Waals surface area contributed by atoms with Crippen LogP contribution >= 0.6 is 0 Å². The van der Waals surface area contributed by atoms with Gasteiger partial charge >= 0.3 is 6.03 Å². The van der Waals surface area contributed by atoms with Gasteiger partial charge in [0.25, 0.3) is 11.6 Å². The number of nitrogens with one attached hydrogen (secondary N) is 2. The summed E-state index contributed by atoms with van der Waals surface area (Å²) in [5.41, 5.74) is 1.59. The molecule has 2 N–H and O–H groups in total. The first-order valence-electron chi connectivity index (χ1n) is 8.70. The van der Waals surface area contributed by atoms with E-state index < -0.39 is 16.9 Å². The topological polar surface area (TPSA) is 125 Å². The van der Waals surface area contributed by atoms with Crippen molar-refractivity contribution in [3.05, 3.63) is 63.7 Å². The number of urea groups is 1.